The maximum Gasteiger partial charge on any atom is 0.339 e. The number of aliphatic hydroxyl groups excluding tert-OH is 1. The van der Waals surface area contributed by atoms with Crippen LogP contribution in [0.3, 0.4) is 0 Å². The molecule has 1 aliphatic heterocycles. The van der Waals surface area contributed by atoms with Gasteiger partial charge >= 0.3 is 5.97 Å². The fourth-order valence-corrected chi connectivity index (χ4v) is 2.34. The van der Waals surface area contributed by atoms with Crippen LogP contribution in [0.15, 0.2) is 10.5 Å². The van der Waals surface area contributed by atoms with Gasteiger partial charge in [0.2, 0.25) is 0 Å². The summed E-state index contributed by atoms with van der Waals surface area (Å²) >= 11 is 0. The van der Waals surface area contributed by atoms with Crippen LogP contribution < -0.4 is 0 Å². The van der Waals surface area contributed by atoms with E-state index in [0.29, 0.717) is 18.1 Å². The largest absolute Gasteiger partial charge is 0.478 e. The van der Waals surface area contributed by atoms with Crippen molar-refractivity contribution < 1.29 is 19.4 Å². The first-order valence-electron chi connectivity index (χ1n) is 5.79. The standard InChI is InChI=1S/C12H17NO4/c1-8-11(12(15)16)5-10(17-8)6-13-4-2-3-9(13)7-14/h5,9,14H,2-4,6-7H2,1H3,(H,15,16). The highest BCUT2D eigenvalue weighted by Gasteiger charge is 2.25. The molecule has 2 N–H and O–H groups in total. The molecule has 94 valence electrons. The molecule has 0 aromatic carbocycles. The van der Waals surface area contributed by atoms with Crippen LogP contribution in [0.4, 0.5) is 0 Å². The second-order valence-corrected chi connectivity index (χ2v) is 4.44. The molecule has 17 heavy (non-hydrogen) atoms. The van der Waals surface area contributed by atoms with Crippen molar-refractivity contribution in [3.8, 4) is 0 Å². The molecule has 1 unspecified atom stereocenters. The maximum atomic E-state index is 10.9. The molecule has 0 saturated carbocycles. The van der Waals surface area contributed by atoms with E-state index in [1.54, 1.807) is 13.0 Å². The third kappa shape index (κ3) is 2.50. The van der Waals surface area contributed by atoms with E-state index < -0.39 is 5.97 Å². The number of carboxylic acids is 1. The second kappa shape index (κ2) is 4.89. The average molecular weight is 239 g/mol. The van der Waals surface area contributed by atoms with E-state index >= 15 is 0 Å². The second-order valence-electron chi connectivity index (χ2n) is 4.44. The quantitative estimate of drug-likeness (QED) is 0.827. The monoisotopic (exact) mass is 239 g/mol. The fraction of sp³-hybridized carbons (Fsp3) is 0.583. The van der Waals surface area contributed by atoms with Crippen LogP contribution in [-0.4, -0.2) is 40.3 Å². The Balaban J connectivity index is 2.08. The molecule has 1 fully saturated rings. The van der Waals surface area contributed by atoms with Crippen molar-refractivity contribution in [2.24, 2.45) is 0 Å². The Bertz CT molecular complexity index is 413. The van der Waals surface area contributed by atoms with Crippen molar-refractivity contribution in [3.63, 3.8) is 0 Å². The Morgan fingerprint density at radius 2 is 2.41 bits per heavy atom. The molecule has 0 amide bonds. The Labute approximate surface area is 99.6 Å². The normalized spacial score (nSPS) is 20.9. The first kappa shape index (κ1) is 12.1. The van der Waals surface area contributed by atoms with Crippen molar-refractivity contribution in [2.45, 2.75) is 32.4 Å². The van der Waals surface area contributed by atoms with Gasteiger partial charge in [0.1, 0.15) is 17.1 Å². The summed E-state index contributed by atoms with van der Waals surface area (Å²) in [6, 6.07) is 1.75. The molecule has 1 atom stereocenters. The molecule has 0 spiro atoms. The first-order valence-corrected chi connectivity index (χ1v) is 5.79. The molecular formula is C12H17NO4. The number of carboxylic acid groups (broad SMARTS) is 1. The van der Waals surface area contributed by atoms with Crippen LogP contribution in [0.2, 0.25) is 0 Å². The predicted molar refractivity (Wildman–Crippen MR) is 60.9 cm³/mol. The molecule has 1 aliphatic rings. The lowest BCUT2D eigenvalue weighted by atomic mass is 10.2. The lowest BCUT2D eigenvalue weighted by Crippen LogP contribution is -2.31. The zero-order valence-electron chi connectivity index (χ0n) is 9.85. The first-order chi connectivity index (χ1) is 8.11. The van der Waals surface area contributed by atoms with Crippen LogP contribution >= 0.6 is 0 Å². The van der Waals surface area contributed by atoms with Gasteiger partial charge in [0.05, 0.1) is 13.2 Å². The van der Waals surface area contributed by atoms with Crippen molar-refractivity contribution >= 4 is 5.97 Å². The van der Waals surface area contributed by atoms with Crippen molar-refractivity contribution in [1.29, 1.82) is 0 Å². The number of aryl methyl sites for hydroxylation is 1. The maximum absolute atomic E-state index is 10.9. The number of rotatable bonds is 4. The van der Waals surface area contributed by atoms with E-state index in [-0.39, 0.29) is 18.2 Å². The van der Waals surface area contributed by atoms with Gasteiger partial charge in [-0.25, -0.2) is 4.79 Å². The van der Waals surface area contributed by atoms with Crippen LogP contribution in [-0.2, 0) is 6.54 Å². The van der Waals surface area contributed by atoms with Crippen LogP contribution in [0.1, 0.15) is 34.7 Å². The van der Waals surface area contributed by atoms with Gasteiger partial charge in [-0.2, -0.15) is 0 Å². The van der Waals surface area contributed by atoms with E-state index in [1.165, 1.54) is 0 Å². The molecule has 0 radical (unpaired) electrons. The van der Waals surface area contributed by atoms with Gasteiger partial charge in [-0.1, -0.05) is 0 Å². The van der Waals surface area contributed by atoms with Crippen molar-refractivity contribution in [3.05, 3.63) is 23.2 Å². The molecule has 2 rings (SSSR count). The smallest absolute Gasteiger partial charge is 0.339 e. The van der Waals surface area contributed by atoms with E-state index in [1.807, 2.05) is 0 Å². The van der Waals surface area contributed by atoms with Crippen molar-refractivity contribution in [2.75, 3.05) is 13.2 Å². The zero-order valence-corrected chi connectivity index (χ0v) is 9.85. The van der Waals surface area contributed by atoms with Gasteiger partial charge in [-0.05, 0) is 32.4 Å². The number of nitrogens with zero attached hydrogens (tertiary/aromatic N) is 1. The Hall–Kier alpha value is -1.33. The van der Waals surface area contributed by atoms with E-state index in [9.17, 15) is 9.90 Å². The summed E-state index contributed by atoms with van der Waals surface area (Å²) in [4.78, 5) is 13.0. The SMILES string of the molecule is Cc1oc(CN2CCCC2CO)cc1C(=O)O. The minimum atomic E-state index is -0.961. The lowest BCUT2D eigenvalue weighted by molar-refractivity contribution is 0.0695. The third-order valence-electron chi connectivity index (χ3n) is 3.27. The molecule has 5 nitrogen and oxygen atoms in total. The van der Waals surface area contributed by atoms with E-state index in [0.717, 1.165) is 19.4 Å². The predicted octanol–water partition coefficient (Wildman–Crippen LogP) is 1.24. The summed E-state index contributed by atoms with van der Waals surface area (Å²) in [6.07, 6.45) is 2.05. The third-order valence-corrected chi connectivity index (χ3v) is 3.27. The molecule has 1 aromatic rings. The summed E-state index contributed by atoms with van der Waals surface area (Å²) in [7, 11) is 0. The van der Waals surface area contributed by atoms with Gasteiger partial charge in [-0.15, -0.1) is 0 Å². The van der Waals surface area contributed by atoms with Gasteiger partial charge in [0.25, 0.3) is 0 Å². The lowest BCUT2D eigenvalue weighted by Gasteiger charge is -2.21. The number of hydrogen-bond donors (Lipinski definition) is 2. The summed E-state index contributed by atoms with van der Waals surface area (Å²) in [5.74, 6) is 0.130. The Morgan fingerprint density at radius 3 is 3.00 bits per heavy atom. The molecular weight excluding hydrogens is 222 g/mol. The minimum Gasteiger partial charge on any atom is -0.478 e. The summed E-state index contributed by atoms with van der Waals surface area (Å²) in [5.41, 5.74) is 0.222. The van der Waals surface area contributed by atoms with Gasteiger partial charge in [-0.3, -0.25) is 4.90 Å². The van der Waals surface area contributed by atoms with Crippen LogP contribution in [0, 0.1) is 6.92 Å². The molecule has 1 aromatic heterocycles. The van der Waals surface area contributed by atoms with Gasteiger partial charge < -0.3 is 14.6 Å². The van der Waals surface area contributed by atoms with Gasteiger partial charge in [0.15, 0.2) is 0 Å². The van der Waals surface area contributed by atoms with E-state index in [2.05, 4.69) is 4.90 Å². The number of hydrogen-bond acceptors (Lipinski definition) is 4. The molecule has 1 saturated heterocycles. The minimum absolute atomic E-state index is 0.144. The van der Waals surface area contributed by atoms with Gasteiger partial charge in [0, 0.05) is 6.04 Å². The average Bonchev–Trinajstić information content (AvgIpc) is 2.85. The number of furan rings is 1. The number of carbonyl (C=O) groups is 1. The summed E-state index contributed by atoms with van der Waals surface area (Å²) in [6.45, 7) is 3.29. The highest BCUT2D eigenvalue weighted by Crippen LogP contribution is 2.22. The molecule has 5 heteroatoms. The number of aliphatic hydroxyl groups is 1. The molecule has 0 bridgehead atoms. The van der Waals surface area contributed by atoms with Crippen LogP contribution in [0.25, 0.3) is 0 Å². The van der Waals surface area contributed by atoms with E-state index in [4.69, 9.17) is 9.52 Å². The zero-order chi connectivity index (χ0) is 12.4. The van der Waals surface area contributed by atoms with Crippen LogP contribution in [0.5, 0.6) is 0 Å². The number of likely N-dealkylation sites (tertiary alicyclic amines) is 1. The topological polar surface area (TPSA) is 73.9 Å². The Morgan fingerprint density at radius 1 is 1.65 bits per heavy atom. The highest BCUT2D eigenvalue weighted by molar-refractivity contribution is 5.88. The highest BCUT2D eigenvalue weighted by atomic mass is 16.4. The molecule has 0 aliphatic carbocycles. The summed E-state index contributed by atoms with van der Waals surface area (Å²) < 4.78 is 5.43. The molecule has 2 heterocycles. The Kier molecular flexibility index (Phi) is 3.49. The number of aromatic carboxylic acids is 1. The van der Waals surface area contributed by atoms with Crippen molar-refractivity contribution in [1.82, 2.24) is 4.90 Å². The fourth-order valence-electron chi connectivity index (χ4n) is 2.34. The summed E-state index contributed by atoms with van der Waals surface area (Å²) in [5, 5.41) is 18.1.